The normalized spacial score (nSPS) is 16.9. The summed E-state index contributed by atoms with van der Waals surface area (Å²) in [6, 6.07) is 22.8. The summed E-state index contributed by atoms with van der Waals surface area (Å²) in [5, 5.41) is 3.41. The third kappa shape index (κ3) is 4.45. The molecule has 2 aromatic carbocycles. The first-order chi connectivity index (χ1) is 13.3. The molecule has 3 aromatic rings. The van der Waals surface area contributed by atoms with E-state index in [-0.39, 0.29) is 0 Å². The van der Waals surface area contributed by atoms with Crippen LogP contribution < -0.4 is 10.2 Å². The Morgan fingerprint density at radius 3 is 2.48 bits per heavy atom. The SMILES string of the molecule is CC1CCCN(c2cc(-c3ccccc3)nc(NCc3ccccc3)n2)C1. The summed E-state index contributed by atoms with van der Waals surface area (Å²) in [6.45, 7) is 5.16. The number of piperidine rings is 1. The largest absolute Gasteiger partial charge is 0.356 e. The van der Waals surface area contributed by atoms with Gasteiger partial charge in [-0.15, -0.1) is 0 Å². The summed E-state index contributed by atoms with van der Waals surface area (Å²) >= 11 is 0. The first-order valence-corrected chi connectivity index (χ1v) is 9.75. The molecule has 1 fully saturated rings. The van der Waals surface area contributed by atoms with Crippen molar-refractivity contribution < 1.29 is 0 Å². The lowest BCUT2D eigenvalue weighted by molar-refractivity contribution is 0.444. The number of hydrogen-bond acceptors (Lipinski definition) is 4. The zero-order chi connectivity index (χ0) is 18.5. The highest BCUT2D eigenvalue weighted by Gasteiger charge is 2.19. The molecule has 1 unspecified atom stereocenters. The topological polar surface area (TPSA) is 41.1 Å². The number of nitrogens with zero attached hydrogens (tertiary/aromatic N) is 3. The van der Waals surface area contributed by atoms with Crippen LogP contribution in [0.1, 0.15) is 25.3 Å². The minimum atomic E-state index is 0.688. The number of benzene rings is 2. The van der Waals surface area contributed by atoms with Crippen molar-refractivity contribution in [2.75, 3.05) is 23.3 Å². The monoisotopic (exact) mass is 358 g/mol. The molecule has 138 valence electrons. The van der Waals surface area contributed by atoms with Crippen LogP contribution in [0.25, 0.3) is 11.3 Å². The van der Waals surface area contributed by atoms with Gasteiger partial charge in [0.1, 0.15) is 5.82 Å². The van der Waals surface area contributed by atoms with Crippen molar-refractivity contribution >= 4 is 11.8 Å². The van der Waals surface area contributed by atoms with Crippen LogP contribution >= 0.6 is 0 Å². The second-order valence-corrected chi connectivity index (χ2v) is 7.33. The summed E-state index contributed by atoms with van der Waals surface area (Å²) < 4.78 is 0. The summed E-state index contributed by atoms with van der Waals surface area (Å²) in [7, 11) is 0. The Morgan fingerprint density at radius 2 is 1.74 bits per heavy atom. The molecule has 1 saturated heterocycles. The summed E-state index contributed by atoms with van der Waals surface area (Å²) in [4.78, 5) is 12.0. The van der Waals surface area contributed by atoms with Gasteiger partial charge in [0.15, 0.2) is 0 Å². The van der Waals surface area contributed by atoms with E-state index in [1.54, 1.807) is 0 Å². The maximum absolute atomic E-state index is 4.84. The molecule has 1 aliphatic rings. The van der Waals surface area contributed by atoms with Gasteiger partial charge in [0.05, 0.1) is 5.69 Å². The zero-order valence-corrected chi connectivity index (χ0v) is 15.8. The van der Waals surface area contributed by atoms with Crippen molar-refractivity contribution in [2.45, 2.75) is 26.3 Å². The minimum Gasteiger partial charge on any atom is -0.356 e. The Labute approximate surface area is 161 Å². The fourth-order valence-corrected chi connectivity index (χ4v) is 3.61. The van der Waals surface area contributed by atoms with E-state index in [0.717, 1.165) is 36.7 Å². The molecule has 2 heterocycles. The molecule has 0 saturated carbocycles. The van der Waals surface area contributed by atoms with E-state index in [1.807, 2.05) is 12.1 Å². The number of anilines is 2. The summed E-state index contributed by atoms with van der Waals surface area (Å²) in [5.74, 6) is 2.41. The Kier molecular flexibility index (Phi) is 5.33. The number of aromatic nitrogens is 2. The minimum absolute atomic E-state index is 0.688. The molecular weight excluding hydrogens is 332 g/mol. The third-order valence-electron chi connectivity index (χ3n) is 5.06. The van der Waals surface area contributed by atoms with Gasteiger partial charge >= 0.3 is 0 Å². The maximum Gasteiger partial charge on any atom is 0.225 e. The average molecular weight is 358 g/mol. The van der Waals surface area contributed by atoms with Gasteiger partial charge in [-0.1, -0.05) is 67.6 Å². The molecule has 0 bridgehead atoms. The van der Waals surface area contributed by atoms with Crippen molar-refractivity contribution in [1.29, 1.82) is 0 Å². The highest BCUT2D eigenvalue weighted by atomic mass is 15.2. The van der Waals surface area contributed by atoms with E-state index in [2.05, 4.69) is 71.7 Å². The fraction of sp³-hybridized carbons (Fsp3) is 0.304. The van der Waals surface area contributed by atoms with Crippen molar-refractivity contribution in [3.05, 3.63) is 72.3 Å². The molecule has 1 aliphatic heterocycles. The quantitative estimate of drug-likeness (QED) is 0.697. The third-order valence-corrected chi connectivity index (χ3v) is 5.06. The standard InChI is InChI=1S/C23H26N4/c1-18-9-8-14-27(17-18)22-15-21(20-12-6-3-7-13-20)25-23(26-22)24-16-19-10-4-2-5-11-19/h2-7,10-13,15,18H,8-9,14,16-17H2,1H3,(H,24,25,26). The van der Waals surface area contributed by atoms with Gasteiger partial charge < -0.3 is 10.2 Å². The van der Waals surface area contributed by atoms with Gasteiger partial charge in [0.25, 0.3) is 0 Å². The highest BCUT2D eigenvalue weighted by molar-refractivity contribution is 5.65. The zero-order valence-electron chi connectivity index (χ0n) is 15.8. The number of rotatable bonds is 5. The van der Waals surface area contributed by atoms with Crippen LogP contribution in [0.4, 0.5) is 11.8 Å². The average Bonchev–Trinajstić information content (AvgIpc) is 2.73. The molecule has 4 rings (SSSR count). The smallest absolute Gasteiger partial charge is 0.225 e. The highest BCUT2D eigenvalue weighted by Crippen LogP contribution is 2.27. The van der Waals surface area contributed by atoms with Crippen molar-refractivity contribution in [3.63, 3.8) is 0 Å². The van der Waals surface area contributed by atoms with Crippen LogP contribution in [0.3, 0.4) is 0 Å². The maximum atomic E-state index is 4.84. The van der Waals surface area contributed by atoms with E-state index in [4.69, 9.17) is 9.97 Å². The predicted octanol–water partition coefficient (Wildman–Crippen LogP) is 4.99. The van der Waals surface area contributed by atoms with Crippen LogP contribution in [0, 0.1) is 5.92 Å². The molecular formula is C23H26N4. The van der Waals surface area contributed by atoms with Gasteiger partial charge in [-0.2, -0.15) is 4.98 Å². The molecule has 4 heteroatoms. The van der Waals surface area contributed by atoms with Crippen molar-refractivity contribution in [1.82, 2.24) is 9.97 Å². The first-order valence-electron chi connectivity index (χ1n) is 9.75. The Hall–Kier alpha value is -2.88. The van der Waals surface area contributed by atoms with Gasteiger partial charge in [0.2, 0.25) is 5.95 Å². The molecule has 1 N–H and O–H groups in total. The molecule has 4 nitrogen and oxygen atoms in total. The molecule has 0 amide bonds. The second-order valence-electron chi connectivity index (χ2n) is 7.33. The molecule has 27 heavy (non-hydrogen) atoms. The van der Waals surface area contributed by atoms with E-state index < -0.39 is 0 Å². The van der Waals surface area contributed by atoms with Crippen LogP contribution in [0.15, 0.2) is 66.7 Å². The van der Waals surface area contributed by atoms with Gasteiger partial charge in [-0.05, 0) is 24.3 Å². The Bertz CT molecular complexity index is 864. The lowest BCUT2D eigenvalue weighted by Gasteiger charge is -2.32. The molecule has 1 aromatic heterocycles. The molecule has 1 atom stereocenters. The van der Waals surface area contributed by atoms with E-state index in [9.17, 15) is 0 Å². The van der Waals surface area contributed by atoms with Crippen molar-refractivity contribution in [2.24, 2.45) is 5.92 Å². The Morgan fingerprint density at radius 1 is 1.00 bits per heavy atom. The summed E-state index contributed by atoms with van der Waals surface area (Å²) in [5.41, 5.74) is 3.31. The van der Waals surface area contributed by atoms with E-state index in [0.29, 0.717) is 11.9 Å². The van der Waals surface area contributed by atoms with E-state index >= 15 is 0 Å². The fourth-order valence-electron chi connectivity index (χ4n) is 3.61. The lowest BCUT2D eigenvalue weighted by atomic mass is 10.0. The van der Waals surface area contributed by atoms with Gasteiger partial charge in [-0.25, -0.2) is 4.98 Å². The lowest BCUT2D eigenvalue weighted by Crippen LogP contribution is -2.35. The predicted molar refractivity (Wildman–Crippen MR) is 112 cm³/mol. The van der Waals surface area contributed by atoms with Crippen LogP contribution in [-0.2, 0) is 6.54 Å². The summed E-state index contributed by atoms with van der Waals surface area (Å²) in [6.07, 6.45) is 2.52. The first kappa shape index (κ1) is 17.5. The molecule has 0 spiro atoms. The van der Waals surface area contributed by atoms with Crippen LogP contribution in [0.2, 0.25) is 0 Å². The second kappa shape index (κ2) is 8.21. The van der Waals surface area contributed by atoms with E-state index in [1.165, 1.54) is 18.4 Å². The number of hydrogen-bond donors (Lipinski definition) is 1. The van der Waals surface area contributed by atoms with Crippen LogP contribution in [0.5, 0.6) is 0 Å². The number of nitrogens with one attached hydrogen (secondary N) is 1. The van der Waals surface area contributed by atoms with Gasteiger partial charge in [0, 0.05) is 31.3 Å². The van der Waals surface area contributed by atoms with Crippen LogP contribution in [-0.4, -0.2) is 23.1 Å². The van der Waals surface area contributed by atoms with Gasteiger partial charge in [-0.3, -0.25) is 0 Å². The van der Waals surface area contributed by atoms with Crippen molar-refractivity contribution in [3.8, 4) is 11.3 Å². The Balaban J connectivity index is 1.63. The molecule has 0 radical (unpaired) electrons. The molecule has 0 aliphatic carbocycles.